The number of methoxy groups -OCH3 is 1. The molecule has 0 saturated carbocycles. The van der Waals surface area contributed by atoms with E-state index in [4.69, 9.17) is 4.74 Å². The lowest BCUT2D eigenvalue weighted by atomic mass is 10.1. The molecule has 2 rings (SSSR count). The summed E-state index contributed by atoms with van der Waals surface area (Å²) in [5.74, 6) is 0.676. The van der Waals surface area contributed by atoms with Gasteiger partial charge in [0, 0.05) is 38.8 Å². The molecule has 1 aliphatic heterocycles. The largest absolute Gasteiger partial charge is 0.481 e. The maximum Gasteiger partial charge on any atom is 0.238 e. The quantitative estimate of drug-likeness (QED) is 0.793. The summed E-state index contributed by atoms with van der Waals surface area (Å²) in [5, 5.41) is 6.15. The Morgan fingerprint density at radius 2 is 2.45 bits per heavy atom. The van der Waals surface area contributed by atoms with E-state index in [2.05, 4.69) is 20.5 Å². The first-order chi connectivity index (χ1) is 9.74. The molecule has 0 aliphatic carbocycles. The number of hydrogen-bond acceptors (Lipinski definition) is 5. The minimum Gasteiger partial charge on any atom is -0.481 e. The first-order valence-corrected chi connectivity index (χ1v) is 6.97. The standard InChI is InChI=1S/C14H22N4O2/c1-3-16-14(19)12-9-15-7-8-18(12)10-11-5-4-6-13(17-11)20-2/h4-6,12,15H,3,7-10H2,1-2H3,(H,16,19). The Morgan fingerprint density at radius 3 is 3.20 bits per heavy atom. The van der Waals surface area contributed by atoms with Crippen molar-refractivity contribution in [1.29, 1.82) is 0 Å². The first kappa shape index (κ1) is 14.7. The van der Waals surface area contributed by atoms with Gasteiger partial charge in [-0.25, -0.2) is 4.98 Å². The van der Waals surface area contributed by atoms with Crippen molar-refractivity contribution in [1.82, 2.24) is 20.5 Å². The monoisotopic (exact) mass is 278 g/mol. The predicted octanol–water partition coefficient (Wildman–Crippen LogP) is 0.000100. The van der Waals surface area contributed by atoms with E-state index < -0.39 is 0 Å². The number of nitrogens with one attached hydrogen (secondary N) is 2. The molecule has 110 valence electrons. The number of likely N-dealkylation sites (N-methyl/N-ethyl adjacent to an activating group) is 1. The number of nitrogens with zero attached hydrogens (tertiary/aromatic N) is 2. The van der Waals surface area contributed by atoms with E-state index in [1.165, 1.54) is 0 Å². The van der Waals surface area contributed by atoms with E-state index in [0.29, 0.717) is 25.5 Å². The van der Waals surface area contributed by atoms with Crippen LogP contribution in [0.3, 0.4) is 0 Å². The second kappa shape index (κ2) is 7.21. The van der Waals surface area contributed by atoms with Crippen LogP contribution >= 0.6 is 0 Å². The van der Waals surface area contributed by atoms with E-state index in [-0.39, 0.29) is 11.9 Å². The van der Waals surface area contributed by atoms with Crippen molar-refractivity contribution < 1.29 is 9.53 Å². The van der Waals surface area contributed by atoms with Crippen LogP contribution in [0.5, 0.6) is 5.88 Å². The minimum absolute atomic E-state index is 0.0718. The molecule has 0 radical (unpaired) electrons. The molecule has 2 N–H and O–H groups in total. The van der Waals surface area contributed by atoms with Crippen LogP contribution in [-0.4, -0.2) is 55.1 Å². The molecule has 6 nitrogen and oxygen atoms in total. The third-order valence-electron chi connectivity index (χ3n) is 3.36. The van der Waals surface area contributed by atoms with Gasteiger partial charge in [0.1, 0.15) is 6.04 Å². The van der Waals surface area contributed by atoms with Gasteiger partial charge in [-0.3, -0.25) is 9.69 Å². The molecule has 1 aromatic heterocycles. The Kier molecular flexibility index (Phi) is 5.31. The van der Waals surface area contributed by atoms with E-state index in [9.17, 15) is 4.79 Å². The van der Waals surface area contributed by atoms with E-state index in [1.807, 2.05) is 25.1 Å². The lowest BCUT2D eigenvalue weighted by Crippen LogP contribution is -2.57. The average Bonchev–Trinajstić information content (AvgIpc) is 2.48. The highest BCUT2D eigenvalue weighted by molar-refractivity contribution is 5.82. The number of pyridine rings is 1. The molecule has 0 aromatic carbocycles. The van der Waals surface area contributed by atoms with Gasteiger partial charge in [0.15, 0.2) is 0 Å². The molecule has 6 heteroatoms. The Hall–Kier alpha value is -1.66. The van der Waals surface area contributed by atoms with Crippen molar-refractivity contribution in [3.8, 4) is 5.88 Å². The molecular formula is C14H22N4O2. The fourth-order valence-electron chi connectivity index (χ4n) is 2.35. The summed E-state index contributed by atoms with van der Waals surface area (Å²) in [4.78, 5) is 18.6. The predicted molar refractivity (Wildman–Crippen MR) is 76.5 cm³/mol. The van der Waals surface area contributed by atoms with Gasteiger partial charge in [-0.2, -0.15) is 0 Å². The molecule has 1 saturated heterocycles. The average molecular weight is 278 g/mol. The highest BCUT2D eigenvalue weighted by atomic mass is 16.5. The number of carbonyl (C=O) groups excluding carboxylic acids is 1. The fraction of sp³-hybridized carbons (Fsp3) is 0.571. The number of rotatable bonds is 5. The van der Waals surface area contributed by atoms with Crippen LogP contribution in [0, 0.1) is 0 Å². The zero-order valence-corrected chi connectivity index (χ0v) is 12.1. The Labute approximate surface area is 119 Å². The molecule has 20 heavy (non-hydrogen) atoms. The molecule has 1 unspecified atom stereocenters. The van der Waals surface area contributed by atoms with Gasteiger partial charge in [0.25, 0.3) is 0 Å². The zero-order valence-electron chi connectivity index (χ0n) is 12.1. The molecule has 1 atom stereocenters. The summed E-state index contributed by atoms with van der Waals surface area (Å²) in [6.45, 7) is 5.64. The van der Waals surface area contributed by atoms with Crippen molar-refractivity contribution in [2.24, 2.45) is 0 Å². The maximum atomic E-state index is 12.1. The molecular weight excluding hydrogens is 256 g/mol. The number of amides is 1. The van der Waals surface area contributed by atoms with E-state index >= 15 is 0 Å². The van der Waals surface area contributed by atoms with Gasteiger partial charge < -0.3 is 15.4 Å². The lowest BCUT2D eigenvalue weighted by molar-refractivity contribution is -0.127. The summed E-state index contributed by atoms with van der Waals surface area (Å²) in [5.41, 5.74) is 0.917. The molecule has 1 aromatic rings. The van der Waals surface area contributed by atoms with Gasteiger partial charge in [-0.15, -0.1) is 0 Å². The van der Waals surface area contributed by atoms with Crippen molar-refractivity contribution in [2.75, 3.05) is 33.3 Å². The zero-order chi connectivity index (χ0) is 14.4. The van der Waals surface area contributed by atoms with Crippen LogP contribution in [0.25, 0.3) is 0 Å². The third-order valence-corrected chi connectivity index (χ3v) is 3.36. The highest BCUT2D eigenvalue weighted by Crippen LogP contribution is 2.12. The van der Waals surface area contributed by atoms with Gasteiger partial charge in [0.2, 0.25) is 11.8 Å². The highest BCUT2D eigenvalue weighted by Gasteiger charge is 2.28. The Bertz CT molecular complexity index is 453. The number of aromatic nitrogens is 1. The number of carbonyl (C=O) groups is 1. The Balaban J connectivity index is 2.06. The number of hydrogen-bond donors (Lipinski definition) is 2. The van der Waals surface area contributed by atoms with Crippen molar-refractivity contribution in [3.05, 3.63) is 23.9 Å². The first-order valence-electron chi connectivity index (χ1n) is 6.97. The smallest absolute Gasteiger partial charge is 0.238 e. The van der Waals surface area contributed by atoms with Gasteiger partial charge in [0.05, 0.1) is 12.8 Å². The minimum atomic E-state index is -0.142. The number of ether oxygens (including phenoxy) is 1. The molecule has 1 fully saturated rings. The van der Waals surface area contributed by atoms with Crippen molar-refractivity contribution in [2.45, 2.75) is 19.5 Å². The second-order valence-corrected chi connectivity index (χ2v) is 4.76. The summed E-state index contributed by atoms with van der Waals surface area (Å²) >= 11 is 0. The van der Waals surface area contributed by atoms with E-state index in [1.54, 1.807) is 7.11 Å². The van der Waals surface area contributed by atoms with Crippen LogP contribution in [0.4, 0.5) is 0 Å². The normalized spacial score (nSPS) is 19.6. The van der Waals surface area contributed by atoms with Crippen molar-refractivity contribution in [3.63, 3.8) is 0 Å². The Morgan fingerprint density at radius 1 is 1.60 bits per heavy atom. The summed E-state index contributed by atoms with van der Waals surface area (Å²) in [6, 6.07) is 5.56. The fourth-order valence-corrected chi connectivity index (χ4v) is 2.35. The van der Waals surface area contributed by atoms with Crippen molar-refractivity contribution >= 4 is 5.91 Å². The molecule has 1 amide bonds. The van der Waals surface area contributed by atoms with Gasteiger partial charge in [-0.05, 0) is 13.0 Å². The van der Waals surface area contributed by atoms with Crippen LogP contribution in [0.1, 0.15) is 12.6 Å². The van der Waals surface area contributed by atoms with Crippen LogP contribution in [0.15, 0.2) is 18.2 Å². The van der Waals surface area contributed by atoms with Gasteiger partial charge >= 0.3 is 0 Å². The summed E-state index contributed by atoms with van der Waals surface area (Å²) in [6.07, 6.45) is 0. The number of piperazine rings is 1. The topological polar surface area (TPSA) is 66.5 Å². The summed E-state index contributed by atoms with van der Waals surface area (Å²) < 4.78 is 5.14. The summed E-state index contributed by atoms with van der Waals surface area (Å²) in [7, 11) is 1.61. The van der Waals surface area contributed by atoms with E-state index in [0.717, 1.165) is 18.8 Å². The lowest BCUT2D eigenvalue weighted by Gasteiger charge is -2.34. The molecule has 2 heterocycles. The molecule has 1 aliphatic rings. The molecule has 0 spiro atoms. The van der Waals surface area contributed by atoms with Crippen LogP contribution in [-0.2, 0) is 11.3 Å². The van der Waals surface area contributed by atoms with Crippen LogP contribution < -0.4 is 15.4 Å². The third kappa shape index (κ3) is 3.68. The SMILES string of the molecule is CCNC(=O)C1CNCCN1Cc1cccc(OC)n1. The van der Waals surface area contributed by atoms with Crippen LogP contribution in [0.2, 0.25) is 0 Å². The second-order valence-electron chi connectivity index (χ2n) is 4.76. The maximum absolute atomic E-state index is 12.1. The molecule has 0 bridgehead atoms. The van der Waals surface area contributed by atoms with Gasteiger partial charge in [-0.1, -0.05) is 6.07 Å².